The van der Waals surface area contributed by atoms with Crippen molar-refractivity contribution in [2.24, 2.45) is 0 Å². The number of carboxylic acid groups (broad SMARTS) is 1. The third kappa shape index (κ3) is 2.82. The molecule has 2 aromatic rings. The molecule has 0 unspecified atom stereocenters. The third-order valence-corrected chi connectivity index (χ3v) is 3.15. The first kappa shape index (κ1) is 12.0. The van der Waals surface area contributed by atoms with E-state index in [9.17, 15) is 4.79 Å². The highest BCUT2D eigenvalue weighted by Crippen LogP contribution is 2.22. The lowest BCUT2D eigenvalue weighted by Crippen LogP contribution is -2.04. The second kappa shape index (κ2) is 4.84. The van der Waals surface area contributed by atoms with E-state index in [2.05, 4.69) is 20.9 Å². The summed E-state index contributed by atoms with van der Waals surface area (Å²) in [6.45, 7) is 1.88. The lowest BCUT2D eigenvalue weighted by Gasteiger charge is -2.09. The summed E-state index contributed by atoms with van der Waals surface area (Å²) in [4.78, 5) is 15.2. The molecule has 0 radical (unpaired) electrons. The fraction of sp³-hybridized carbons (Fsp3) is 0.231. The number of rotatable bonds is 3. The first-order chi connectivity index (χ1) is 8.06. The van der Waals surface area contributed by atoms with E-state index in [0.717, 1.165) is 21.1 Å². The Morgan fingerprint density at radius 3 is 2.82 bits per heavy atom. The van der Waals surface area contributed by atoms with Gasteiger partial charge >= 0.3 is 5.97 Å². The Bertz CT molecular complexity index is 568. The average Bonchev–Trinajstić information content (AvgIpc) is 2.27. The zero-order valence-electron chi connectivity index (χ0n) is 9.35. The number of halogens is 1. The normalized spacial score (nSPS) is 12.6. The number of nitrogens with zero attached hydrogens (tertiary/aromatic N) is 1. The van der Waals surface area contributed by atoms with Crippen molar-refractivity contribution in [3.63, 3.8) is 0 Å². The van der Waals surface area contributed by atoms with Gasteiger partial charge in [-0.25, -0.2) is 0 Å². The lowest BCUT2D eigenvalue weighted by molar-refractivity contribution is -0.137. The molecule has 1 atom stereocenters. The van der Waals surface area contributed by atoms with Crippen LogP contribution in [0.15, 0.2) is 34.8 Å². The van der Waals surface area contributed by atoms with Gasteiger partial charge in [0, 0.05) is 21.5 Å². The molecule has 0 aliphatic heterocycles. The predicted octanol–water partition coefficient (Wildman–Crippen LogP) is 3.58. The molecule has 0 bridgehead atoms. The van der Waals surface area contributed by atoms with E-state index in [-0.39, 0.29) is 12.3 Å². The fourth-order valence-electron chi connectivity index (χ4n) is 1.75. The Kier molecular flexibility index (Phi) is 3.43. The van der Waals surface area contributed by atoms with Gasteiger partial charge in [0.1, 0.15) is 0 Å². The number of benzene rings is 1. The van der Waals surface area contributed by atoms with E-state index in [1.807, 2.05) is 37.3 Å². The molecule has 1 heterocycles. The van der Waals surface area contributed by atoms with Crippen molar-refractivity contribution in [2.75, 3.05) is 0 Å². The molecule has 1 aromatic heterocycles. The van der Waals surface area contributed by atoms with E-state index in [1.54, 1.807) is 0 Å². The molecular weight excluding hydrogens is 282 g/mol. The standard InChI is InChI=1S/C13H12BrNO2/c1-8(6-13(16)17)11-5-3-9-2-4-10(14)7-12(9)15-11/h2-5,7-8H,6H2,1H3,(H,16,17)/t8-/m1/s1. The maximum atomic E-state index is 10.7. The van der Waals surface area contributed by atoms with Crippen LogP contribution >= 0.6 is 15.9 Å². The minimum Gasteiger partial charge on any atom is -0.481 e. The van der Waals surface area contributed by atoms with E-state index in [0.29, 0.717) is 0 Å². The topological polar surface area (TPSA) is 50.2 Å². The van der Waals surface area contributed by atoms with Gasteiger partial charge in [-0.1, -0.05) is 35.0 Å². The molecule has 0 spiro atoms. The first-order valence-electron chi connectivity index (χ1n) is 5.34. The van der Waals surface area contributed by atoms with Crippen molar-refractivity contribution in [2.45, 2.75) is 19.3 Å². The van der Waals surface area contributed by atoms with Gasteiger partial charge in [0.2, 0.25) is 0 Å². The van der Waals surface area contributed by atoms with Crippen LogP contribution < -0.4 is 0 Å². The Labute approximate surface area is 108 Å². The monoisotopic (exact) mass is 293 g/mol. The Morgan fingerprint density at radius 1 is 1.41 bits per heavy atom. The number of aliphatic carboxylic acids is 1. The van der Waals surface area contributed by atoms with Crippen LogP contribution in [0.25, 0.3) is 10.9 Å². The molecule has 0 amide bonds. The molecule has 0 aliphatic carbocycles. The van der Waals surface area contributed by atoms with Crippen molar-refractivity contribution >= 4 is 32.8 Å². The molecule has 1 aromatic carbocycles. The number of aromatic nitrogens is 1. The highest BCUT2D eigenvalue weighted by Gasteiger charge is 2.11. The fourth-order valence-corrected chi connectivity index (χ4v) is 2.10. The van der Waals surface area contributed by atoms with Crippen LogP contribution in [-0.4, -0.2) is 16.1 Å². The Balaban J connectivity index is 2.39. The summed E-state index contributed by atoms with van der Waals surface area (Å²) < 4.78 is 0.973. The predicted molar refractivity (Wildman–Crippen MR) is 70.1 cm³/mol. The largest absolute Gasteiger partial charge is 0.481 e. The lowest BCUT2D eigenvalue weighted by atomic mass is 10.0. The quantitative estimate of drug-likeness (QED) is 0.941. The molecule has 1 N–H and O–H groups in total. The van der Waals surface area contributed by atoms with Crippen LogP contribution in [0.4, 0.5) is 0 Å². The number of carbonyl (C=O) groups is 1. The number of hydrogen-bond acceptors (Lipinski definition) is 2. The smallest absolute Gasteiger partial charge is 0.304 e. The number of fused-ring (bicyclic) bond motifs is 1. The first-order valence-corrected chi connectivity index (χ1v) is 6.13. The minimum absolute atomic E-state index is 0.0733. The molecule has 0 aliphatic rings. The van der Waals surface area contributed by atoms with Gasteiger partial charge in [0.05, 0.1) is 11.9 Å². The van der Waals surface area contributed by atoms with Crippen LogP contribution in [0.2, 0.25) is 0 Å². The van der Waals surface area contributed by atoms with E-state index in [4.69, 9.17) is 5.11 Å². The zero-order chi connectivity index (χ0) is 12.4. The van der Waals surface area contributed by atoms with Gasteiger partial charge < -0.3 is 5.11 Å². The maximum absolute atomic E-state index is 10.7. The van der Waals surface area contributed by atoms with Crippen molar-refractivity contribution < 1.29 is 9.90 Å². The molecule has 3 nitrogen and oxygen atoms in total. The second-order valence-corrected chi connectivity index (χ2v) is 4.99. The van der Waals surface area contributed by atoms with E-state index < -0.39 is 5.97 Å². The highest BCUT2D eigenvalue weighted by molar-refractivity contribution is 9.10. The molecule has 0 fully saturated rings. The third-order valence-electron chi connectivity index (χ3n) is 2.66. The Hall–Kier alpha value is -1.42. The summed E-state index contributed by atoms with van der Waals surface area (Å²) in [5.41, 5.74) is 1.70. The summed E-state index contributed by atoms with van der Waals surface area (Å²) in [5.74, 6) is -0.871. The summed E-state index contributed by atoms with van der Waals surface area (Å²) in [6, 6.07) is 9.75. The summed E-state index contributed by atoms with van der Waals surface area (Å²) >= 11 is 3.40. The van der Waals surface area contributed by atoms with Crippen molar-refractivity contribution in [3.8, 4) is 0 Å². The summed E-state index contributed by atoms with van der Waals surface area (Å²) in [7, 11) is 0. The molecule has 88 valence electrons. The number of carboxylic acids is 1. The van der Waals surface area contributed by atoms with Gasteiger partial charge in [-0.2, -0.15) is 0 Å². The van der Waals surface area contributed by atoms with Gasteiger partial charge in [0.25, 0.3) is 0 Å². The molecule has 4 heteroatoms. The minimum atomic E-state index is -0.798. The molecule has 0 saturated carbocycles. The average molecular weight is 294 g/mol. The molecular formula is C13H12BrNO2. The highest BCUT2D eigenvalue weighted by atomic mass is 79.9. The van der Waals surface area contributed by atoms with Crippen molar-refractivity contribution in [1.29, 1.82) is 0 Å². The molecule has 2 rings (SSSR count). The van der Waals surface area contributed by atoms with Crippen LogP contribution in [-0.2, 0) is 4.79 Å². The summed E-state index contributed by atoms with van der Waals surface area (Å²) in [6.07, 6.45) is 0.104. The number of hydrogen-bond donors (Lipinski definition) is 1. The van der Waals surface area contributed by atoms with Crippen LogP contribution in [0, 0.1) is 0 Å². The van der Waals surface area contributed by atoms with Crippen LogP contribution in [0.3, 0.4) is 0 Å². The van der Waals surface area contributed by atoms with Crippen LogP contribution in [0.5, 0.6) is 0 Å². The SMILES string of the molecule is C[C@H](CC(=O)O)c1ccc2ccc(Br)cc2n1. The molecule has 17 heavy (non-hydrogen) atoms. The second-order valence-electron chi connectivity index (χ2n) is 4.07. The maximum Gasteiger partial charge on any atom is 0.304 e. The zero-order valence-corrected chi connectivity index (χ0v) is 10.9. The van der Waals surface area contributed by atoms with Gasteiger partial charge in [-0.15, -0.1) is 0 Å². The molecule has 0 saturated heterocycles. The Morgan fingerprint density at radius 2 is 2.12 bits per heavy atom. The van der Waals surface area contributed by atoms with E-state index >= 15 is 0 Å². The van der Waals surface area contributed by atoms with Gasteiger partial charge in [-0.3, -0.25) is 9.78 Å². The van der Waals surface area contributed by atoms with Gasteiger partial charge in [0.15, 0.2) is 0 Å². The summed E-state index contributed by atoms with van der Waals surface area (Å²) in [5, 5.41) is 9.82. The number of pyridine rings is 1. The van der Waals surface area contributed by atoms with Gasteiger partial charge in [-0.05, 0) is 18.2 Å². The van der Waals surface area contributed by atoms with Crippen molar-refractivity contribution in [3.05, 3.63) is 40.5 Å². The van der Waals surface area contributed by atoms with E-state index in [1.165, 1.54) is 0 Å². The van der Waals surface area contributed by atoms with Crippen LogP contribution in [0.1, 0.15) is 25.0 Å². The van der Waals surface area contributed by atoms with Crippen molar-refractivity contribution in [1.82, 2.24) is 4.98 Å².